The third kappa shape index (κ3) is 8.28. The number of fused-ring (bicyclic) bond motifs is 7. The number of rotatable bonds is 7. The first-order valence-corrected chi connectivity index (χ1v) is 31.2. The lowest BCUT2D eigenvalue weighted by molar-refractivity contribution is 0.569. The molecule has 0 amide bonds. The average Bonchev–Trinajstić information content (AvgIpc) is 3.86. The number of hydrogen-bond donors (Lipinski definition) is 0. The van der Waals surface area contributed by atoms with E-state index in [4.69, 9.17) is 0 Å². The average molecular weight is 1070 g/mol. The maximum atomic E-state index is 2.72. The van der Waals surface area contributed by atoms with E-state index in [9.17, 15) is 0 Å². The van der Waals surface area contributed by atoms with E-state index in [2.05, 4.69) is 328 Å². The standard InChI is InChI=1S/C76H74BN3Si/c1-73(2,3)58-37-26-38-59(74(4,5)6)71(58)79-66-48-46-55(81(52-29-16-13-17-30-52,53-31-18-14-19-32-53)54-33-20-15-21-34-54)50-63(66)77-62-47-45-51(78-64-41-24-22-35-56(64)57-36-23-25-42-65(57)78)49-69(62)80(68-44-28-43-67(79)70(68)77)72-60(75(7,8)9)39-27-40-61(72)76(10,11)12/h13-50H,1-12H3. The van der Waals surface area contributed by atoms with Gasteiger partial charge in [-0.1, -0.05) is 271 Å². The highest BCUT2D eigenvalue weighted by molar-refractivity contribution is 7.20. The smallest absolute Gasteiger partial charge is 0.252 e. The second-order valence-electron chi connectivity index (χ2n) is 27.0. The fourth-order valence-corrected chi connectivity index (χ4v) is 18.8. The van der Waals surface area contributed by atoms with Gasteiger partial charge in [-0.2, -0.15) is 0 Å². The summed E-state index contributed by atoms with van der Waals surface area (Å²) in [7, 11) is -3.02. The van der Waals surface area contributed by atoms with Crippen LogP contribution in [0, 0.1) is 0 Å². The topological polar surface area (TPSA) is 11.4 Å². The van der Waals surface area contributed by atoms with Gasteiger partial charge in [-0.3, -0.25) is 0 Å². The van der Waals surface area contributed by atoms with Gasteiger partial charge in [0.05, 0.1) is 22.4 Å². The van der Waals surface area contributed by atoms with Crippen LogP contribution in [0.1, 0.15) is 105 Å². The zero-order valence-electron chi connectivity index (χ0n) is 49.4. The predicted molar refractivity (Wildman–Crippen MR) is 353 cm³/mol. The highest BCUT2D eigenvalue weighted by Gasteiger charge is 2.48. The van der Waals surface area contributed by atoms with E-state index in [0.29, 0.717) is 0 Å². The molecule has 0 saturated carbocycles. The lowest BCUT2D eigenvalue weighted by Crippen LogP contribution is -2.75. The Balaban J connectivity index is 1.21. The van der Waals surface area contributed by atoms with Crippen LogP contribution in [-0.2, 0) is 21.7 Å². The van der Waals surface area contributed by atoms with E-state index in [1.54, 1.807) is 0 Å². The largest absolute Gasteiger partial charge is 0.311 e. The monoisotopic (exact) mass is 1070 g/mol. The number of aromatic nitrogens is 1. The van der Waals surface area contributed by atoms with Gasteiger partial charge < -0.3 is 14.4 Å². The minimum atomic E-state index is -3.02. The van der Waals surface area contributed by atoms with Crippen molar-refractivity contribution in [1.82, 2.24) is 4.57 Å². The van der Waals surface area contributed by atoms with E-state index in [-0.39, 0.29) is 28.4 Å². The fourth-order valence-electron chi connectivity index (χ4n) is 14.0. The van der Waals surface area contributed by atoms with Gasteiger partial charge in [-0.05, 0) is 124 Å². The molecule has 13 rings (SSSR count). The van der Waals surface area contributed by atoms with Crippen LogP contribution in [0.5, 0.6) is 0 Å². The maximum Gasteiger partial charge on any atom is 0.252 e. The van der Waals surface area contributed by atoms with Gasteiger partial charge >= 0.3 is 0 Å². The Kier molecular flexibility index (Phi) is 12.3. The normalized spacial score (nSPS) is 13.6. The molecule has 0 unspecified atom stereocenters. The first kappa shape index (κ1) is 52.3. The molecule has 0 aliphatic carbocycles. The molecule has 10 aromatic carbocycles. The van der Waals surface area contributed by atoms with Crippen molar-refractivity contribution in [3.63, 3.8) is 0 Å². The van der Waals surface area contributed by atoms with Crippen LogP contribution in [0.2, 0.25) is 0 Å². The van der Waals surface area contributed by atoms with Crippen LogP contribution in [0.25, 0.3) is 27.5 Å². The summed E-state index contributed by atoms with van der Waals surface area (Å²) in [6.07, 6.45) is 0. The maximum absolute atomic E-state index is 3.02. The molecular weight excluding hydrogens is 994 g/mol. The Morgan fingerprint density at radius 1 is 0.309 bits per heavy atom. The summed E-state index contributed by atoms with van der Waals surface area (Å²) in [5, 5.41) is 7.97. The highest BCUT2D eigenvalue weighted by atomic mass is 28.3. The van der Waals surface area contributed by atoms with E-state index >= 15 is 0 Å². The molecular formula is C76H74BN3Si. The van der Waals surface area contributed by atoms with Gasteiger partial charge in [-0.15, -0.1) is 0 Å². The number of anilines is 6. The first-order valence-electron chi connectivity index (χ1n) is 29.2. The van der Waals surface area contributed by atoms with Crippen molar-refractivity contribution < 1.29 is 0 Å². The van der Waals surface area contributed by atoms with E-state index in [0.717, 1.165) is 5.69 Å². The Hall–Kier alpha value is -8.12. The van der Waals surface area contributed by atoms with Crippen LogP contribution in [0.15, 0.2) is 231 Å². The van der Waals surface area contributed by atoms with Crippen molar-refractivity contribution in [2.24, 2.45) is 0 Å². The molecule has 0 saturated heterocycles. The lowest BCUT2D eigenvalue weighted by Gasteiger charge is -2.48. The molecule has 5 heteroatoms. The molecule has 0 fully saturated rings. The summed E-state index contributed by atoms with van der Waals surface area (Å²) in [4.78, 5) is 5.43. The number of hydrogen-bond acceptors (Lipinski definition) is 2. The Labute approximate surface area is 482 Å². The third-order valence-electron chi connectivity index (χ3n) is 17.6. The molecule has 2 aliphatic heterocycles. The number of benzene rings is 10. The molecule has 0 N–H and O–H groups in total. The zero-order chi connectivity index (χ0) is 56.4. The molecule has 3 heterocycles. The molecule has 11 aromatic rings. The molecule has 81 heavy (non-hydrogen) atoms. The van der Waals surface area contributed by atoms with Gasteiger partial charge in [-0.25, -0.2) is 0 Å². The quantitative estimate of drug-likeness (QED) is 0.116. The van der Waals surface area contributed by atoms with Crippen molar-refractivity contribution in [1.29, 1.82) is 0 Å². The summed E-state index contributed by atoms with van der Waals surface area (Å²) in [6.45, 7) is 28.5. The third-order valence-corrected chi connectivity index (χ3v) is 22.4. The molecule has 400 valence electrons. The second kappa shape index (κ2) is 19.0. The Bertz CT molecular complexity index is 4010. The number of nitrogens with zero attached hydrogens (tertiary/aromatic N) is 3. The molecule has 0 bridgehead atoms. The highest BCUT2D eigenvalue weighted by Crippen LogP contribution is 2.52. The number of para-hydroxylation sites is 4. The van der Waals surface area contributed by atoms with Gasteiger partial charge in [0.1, 0.15) is 0 Å². The van der Waals surface area contributed by atoms with Crippen LogP contribution >= 0.6 is 0 Å². The fraction of sp³-hybridized carbons (Fsp3) is 0.211. The van der Waals surface area contributed by atoms with E-state index in [1.807, 2.05) is 0 Å². The lowest BCUT2D eigenvalue weighted by atomic mass is 9.33. The van der Waals surface area contributed by atoms with Crippen molar-refractivity contribution in [2.75, 3.05) is 9.80 Å². The summed E-state index contributed by atoms with van der Waals surface area (Å²) < 4.78 is 2.50. The van der Waals surface area contributed by atoms with Gasteiger partial charge in [0.2, 0.25) is 0 Å². The second-order valence-corrected chi connectivity index (χ2v) is 30.8. The molecule has 0 spiro atoms. The summed E-state index contributed by atoms with van der Waals surface area (Å²) in [5.41, 5.74) is 19.5. The van der Waals surface area contributed by atoms with Crippen LogP contribution in [0.3, 0.4) is 0 Å². The van der Waals surface area contributed by atoms with E-state index < -0.39 is 8.07 Å². The summed E-state index contributed by atoms with van der Waals surface area (Å²) in [5.74, 6) is 0. The van der Waals surface area contributed by atoms with Crippen molar-refractivity contribution >= 4 is 108 Å². The minimum Gasteiger partial charge on any atom is -0.311 e. The van der Waals surface area contributed by atoms with Crippen LogP contribution in [0.4, 0.5) is 34.1 Å². The first-order chi connectivity index (χ1) is 38.8. The SMILES string of the molecule is CC(C)(C)c1cccc(C(C)(C)C)c1N1c2ccc([Si](c3ccccc3)(c3ccccc3)c3ccccc3)cc2B2c3ccc(-n4c5ccccc5c5ccccc54)cc3N(c3c(C(C)(C)C)cccc3C(C)(C)C)c3cccc1c32. The molecule has 1 aromatic heterocycles. The van der Waals surface area contributed by atoms with Crippen molar-refractivity contribution in [3.05, 3.63) is 253 Å². The van der Waals surface area contributed by atoms with Gasteiger partial charge in [0.25, 0.3) is 6.71 Å². The molecule has 3 nitrogen and oxygen atoms in total. The van der Waals surface area contributed by atoms with E-state index in [1.165, 1.54) is 115 Å². The van der Waals surface area contributed by atoms with Gasteiger partial charge in [0, 0.05) is 39.2 Å². The Morgan fingerprint density at radius 3 is 1.14 bits per heavy atom. The summed E-state index contributed by atoms with van der Waals surface area (Å²) in [6, 6.07) is 88.8. The van der Waals surface area contributed by atoms with Crippen molar-refractivity contribution in [2.45, 2.75) is 105 Å². The minimum absolute atomic E-state index is 0.130. The molecule has 2 aliphatic rings. The molecule has 0 atom stereocenters. The molecule has 0 radical (unpaired) electrons. The summed E-state index contributed by atoms with van der Waals surface area (Å²) >= 11 is 0. The van der Waals surface area contributed by atoms with Crippen molar-refractivity contribution in [3.8, 4) is 5.69 Å². The zero-order valence-corrected chi connectivity index (χ0v) is 50.4. The Morgan fingerprint density at radius 2 is 0.704 bits per heavy atom. The van der Waals surface area contributed by atoms with Crippen LogP contribution < -0.4 is 46.9 Å². The van der Waals surface area contributed by atoms with Gasteiger partial charge in [0.15, 0.2) is 8.07 Å². The van der Waals surface area contributed by atoms with Crippen LogP contribution in [-0.4, -0.2) is 19.4 Å². The predicted octanol–water partition coefficient (Wildman–Crippen LogP) is 15.4.